The molecule has 0 N–H and O–H groups in total. The van der Waals surface area contributed by atoms with Crippen LogP contribution < -0.4 is 0 Å². The Balaban J connectivity index is 2.76. The van der Waals surface area contributed by atoms with E-state index in [-0.39, 0.29) is 5.78 Å². The van der Waals surface area contributed by atoms with Crippen molar-refractivity contribution in [1.29, 1.82) is 5.26 Å². The van der Waals surface area contributed by atoms with Crippen molar-refractivity contribution in [3.8, 4) is 11.8 Å². The van der Waals surface area contributed by atoms with Gasteiger partial charge in [0.1, 0.15) is 0 Å². The summed E-state index contributed by atoms with van der Waals surface area (Å²) in [5.74, 6) is -0.0526. The van der Waals surface area contributed by atoms with Crippen molar-refractivity contribution in [1.82, 2.24) is 9.78 Å². The number of rotatable bonds is 2. The van der Waals surface area contributed by atoms with Crippen molar-refractivity contribution in [2.24, 2.45) is 0 Å². The van der Waals surface area contributed by atoms with Crippen molar-refractivity contribution in [2.75, 3.05) is 0 Å². The van der Waals surface area contributed by atoms with Gasteiger partial charge in [-0.25, -0.2) is 4.68 Å². The number of nitriles is 1. The average molecular weight is 318 g/mol. The molecular formula is C14H12BrN3O. The standard InChI is InChI=1S/C14H12BrN3O/c1-8-14(15)9(2)18(17-8)13-6-11(7-16)4-5-12(13)10(3)19/h4-6H,1-3H3. The van der Waals surface area contributed by atoms with E-state index < -0.39 is 0 Å². The molecule has 0 spiro atoms. The topological polar surface area (TPSA) is 58.7 Å². The molecule has 0 saturated carbocycles. The summed E-state index contributed by atoms with van der Waals surface area (Å²) in [5, 5.41) is 13.4. The Morgan fingerprint density at radius 2 is 2.11 bits per heavy atom. The number of carbonyl (C=O) groups is 1. The molecule has 0 aliphatic rings. The highest BCUT2D eigenvalue weighted by Gasteiger charge is 2.16. The van der Waals surface area contributed by atoms with E-state index in [9.17, 15) is 4.79 Å². The number of ketones is 1. The Bertz CT molecular complexity index is 710. The molecule has 0 atom stereocenters. The first kappa shape index (κ1) is 13.5. The number of carbonyl (C=O) groups excluding carboxylic acids is 1. The summed E-state index contributed by atoms with van der Waals surface area (Å²) < 4.78 is 2.60. The van der Waals surface area contributed by atoms with E-state index in [4.69, 9.17) is 5.26 Å². The molecule has 0 aliphatic heterocycles. The minimum absolute atomic E-state index is 0.0526. The highest BCUT2D eigenvalue weighted by Crippen LogP contribution is 2.25. The van der Waals surface area contributed by atoms with Crippen LogP contribution in [-0.2, 0) is 0 Å². The number of hydrogen-bond acceptors (Lipinski definition) is 3. The van der Waals surface area contributed by atoms with Crippen LogP contribution in [-0.4, -0.2) is 15.6 Å². The van der Waals surface area contributed by atoms with Crippen LogP contribution in [0.3, 0.4) is 0 Å². The van der Waals surface area contributed by atoms with E-state index in [0.29, 0.717) is 16.8 Å². The SMILES string of the molecule is CC(=O)c1ccc(C#N)cc1-n1nc(C)c(Br)c1C. The second-order valence-electron chi connectivity index (χ2n) is 4.30. The molecular weight excluding hydrogens is 306 g/mol. The van der Waals surface area contributed by atoms with Gasteiger partial charge in [0.2, 0.25) is 0 Å². The number of hydrogen-bond donors (Lipinski definition) is 0. The molecule has 0 amide bonds. The Hall–Kier alpha value is -1.93. The molecule has 2 rings (SSSR count). The van der Waals surface area contributed by atoms with Gasteiger partial charge in [0.25, 0.3) is 0 Å². The van der Waals surface area contributed by atoms with E-state index in [2.05, 4.69) is 27.1 Å². The minimum Gasteiger partial charge on any atom is -0.294 e. The first-order valence-corrected chi connectivity index (χ1v) is 6.52. The van der Waals surface area contributed by atoms with Crippen LogP contribution in [0.2, 0.25) is 0 Å². The number of aromatic nitrogens is 2. The third kappa shape index (κ3) is 2.32. The molecule has 1 aromatic carbocycles. The Morgan fingerprint density at radius 3 is 2.58 bits per heavy atom. The van der Waals surface area contributed by atoms with Gasteiger partial charge in [-0.1, -0.05) is 0 Å². The molecule has 1 aromatic heterocycles. The molecule has 19 heavy (non-hydrogen) atoms. The largest absolute Gasteiger partial charge is 0.294 e. The number of halogens is 1. The first-order chi connectivity index (χ1) is 8.95. The molecule has 0 unspecified atom stereocenters. The van der Waals surface area contributed by atoms with Crippen LogP contribution in [0.15, 0.2) is 22.7 Å². The van der Waals surface area contributed by atoms with Gasteiger partial charge in [-0.3, -0.25) is 4.79 Å². The maximum Gasteiger partial charge on any atom is 0.161 e. The van der Waals surface area contributed by atoms with E-state index in [1.807, 2.05) is 13.8 Å². The lowest BCUT2D eigenvalue weighted by atomic mass is 10.1. The minimum atomic E-state index is -0.0526. The predicted molar refractivity (Wildman–Crippen MR) is 75.5 cm³/mol. The molecule has 0 aliphatic carbocycles. The van der Waals surface area contributed by atoms with Crippen molar-refractivity contribution < 1.29 is 4.79 Å². The predicted octanol–water partition coefficient (Wildman–Crippen LogP) is 3.33. The van der Waals surface area contributed by atoms with E-state index in [0.717, 1.165) is 15.9 Å². The van der Waals surface area contributed by atoms with Crippen molar-refractivity contribution >= 4 is 21.7 Å². The third-order valence-electron chi connectivity index (χ3n) is 2.94. The monoisotopic (exact) mass is 317 g/mol. The molecule has 0 fully saturated rings. The lowest BCUT2D eigenvalue weighted by molar-refractivity contribution is 0.101. The van der Waals surface area contributed by atoms with E-state index in [1.54, 1.807) is 22.9 Å². The van der Waals surface area contributed by atoms with E-state index in [1.165, 1.54) is 6.92 Å². The van der Waals surface area contributed by atoms with Crippen molar-refractivity contribution in [2.45, 2.75) is 20.8 Å². The van der Waals surface area contributed by atoms with Crippen LogP contribution in [0.4, 0.5) is 0 Å². The molecule has 1 heterocycles. The van der Waals surface area contributed by atoms with Crippen LogP contribution in [0, 0.1) is 25.2 Å². The van der Waals surface area contributed by atoms with Gasteiger partial charge in [-0.15, -0.1) is 0 Å². The average Bonchev–Trinajstić information content (AvgIpc) is 2.65. The smallest absolute Gasteiger partial charge is 0.161 e. The zero-order valence-corrected chi connectivity index (χ0v) is 12.4. The zero-order valence-electron chi connectivity index (χ0n) is 10.9. The Kier molecular flexibility index (Phi) is 3.54. The Labute approximate surface area is 119 Å². The highest BCUT2D eigenvalue weighted by atomic mass is 79.9. The third-order valence-corrected chi connectivity index (χ3v) is 4.08. The van der Waals surface area contributed by atoms with Crippen LogP contribution in [0.5, 0.6) is 0 Å². The normalized spacial score (nSPS) is 10.3. The Morgan fingerprint density at radius 1 is 1.42 bits per heavy atom. The molecule has 5 heteroatoms. The van der Waals surface area contributed by atoms with Gasteiger partial charge in [0.05, 0.1) is 33.2 Å². The number of benzene rings is 1. The summed E-state index contributed by atoms with van der Waals surface area (Å²) in [6.07, 6.45) is 0. The number of nitrogens with zero attached hydrogens (tertiary/aromatic N) is 3. The fourth-order valence-corrected chi connectivity index (χ4v) is 2.18. The molecule has 2 aromatic rings. The lowest BCUT2D eigenvalue weighted by Crippen LogP contribution is -2.07. The summed E-state index contributed by atoms with van der Waals surface area (Å²) in [4.78, 5) is 11.7. The van der Waals surface area contributed by atoms with Crippen LogP contribution in [0.25, 0.3) is 5.69 Å². The molecule has 96 valence electrons. The number of Topliss-reactive ketones (excluding diaryl/α,β-unsaturated/α-hetero) is 1. The molecule has 0 saturated heterocycles. The van der Waals surface area contributed by atoms with Crippen LogP contribution >= 0.6 is 15.9 Å². The zero-order chi connectivity index (χ0) is 14.2. The number of aryl methyl sites for hydroxylation is 1. The van der Waals surface area contributed by atoms with Gasteiger partial charge in [0, 0.05) is 5.56 Å². The summed E-state index contributed by atoms with van der Waals surface area (Å²) in [6, 6.07) is 7.07. The van der Waals surface area contributed by atoms with Crippen LogP contribution in [0.1, 0.15) is 34.2 Å². The molecule has 4 nitrogen and oxygen atoms in total. The quantitative estimate of drug-likeness (QED) is 0.798. The molecule has 0 bridgehead atoms. The summed E-state index contributed by atoms with van der Waals surface area (Å²) in [7, 11) is 0. The first-order valence-electron chi connectivity index (χ1n) is 5.73. The fraction of sp³-hybridized carbons (Fsp3) is 0.214. The fourth-order valence-electron chi connectivity index (χ4n) is 1.93. The van der Waals surface area contributed by atoms with Gasteiger partial charge < -0.3 is 0 Å². The van der Waals surface area contributed by atoms with Crippen molar-refractivity contribution in [3.63, 3.8) is 0 Å². The molecule has 0 radical (unpaired) electrons. The summed E-state index contributed by atoms with van der Waals surface area (Å²) >= 11 is 3.46. The summed E-state index contributed by atoms with van der Waals surface area (Å²) in [5.41, 5.74) is 3.43. The van der Waals surface area contributed by atoms with Gasteiger partial charge in [-0.05, 0) is 54.9 Å². The maximum absolute atomic E-state index is 11.7. The second-order valence-corrected chi connectivity index (χ2v) is 5.09. The summed E-state index contributed by atoms with van der Waals surface area (Å²) in [6.45, 7) is 5.30. The maximum atomic E-state index is 11.7. The van der Waals surface area contributed by atoms with Gasteiger partial charge in [0.15, 0.2) is 5.78 Å². The highest BCUT2D eigenvalue weighted by molar-refractivity contribution is 9.10. The van der Waals surface area contributed by atoms with Crippen molar-refractivity contribution in [3.05, 3.63) is 45.2 Å². The van der Waals surface area contributed by atoms with Gasteiger partial charge in [-0.2, -0.15) is 10.4 Å². The van der Waals surface area contributed by atoms with Gasteiger partial charge >= 0.3 is 0 Å². The lowest BCUT2D eigenvalue weighted by Gasteiger charge is -2.09. The van der Waals surface area contributed by atoms with E-state index >= 15 is 0 Å². The second kappa shape index (κ2) is 4.98.